The molecule has 1 saturated carbocycles. The summed E-state index contributed by atoms with van der Waals surface area (Å²) in [5.74, 6) is 0.221. The number of nitrogens with one attached hydrogen (secondary N) is 1. The highest BCUT2D eigenvalue weighted by Gasteiger charge is 2.13. The number of hydrazone groups is 1. The maximum atomic E-state index is 12.4. The lowest BCUT2D eigenvalue weighted by atomic mass is 10.00. The van der Waals surface area contributed by atoms with Crippen LogP contribution in [0, 0.1) is 0 Å². The molecule has 1 aromatic carbocycles. The Hall–Kier alpha value is -1.55. The number of carbonyl (C=O) groups excluding carboxylic acids is 1. The summed E-state index contributed by atoms with van der Waals surface area (Å²) >= 11 is 6.00. The van der Waals surface area contributed by atoms with Crippen molar-refractivity contribution in [1.29, 1.82) is 0 Å². The maximum absolute atomic E-state index is 12.4. The maximum Gasteiger partial charge on any atom is 0.275 e. The molecular weight excluding hydrogens is 336 g/mol. The van der Waals surface area contributed by atoms with Crippen LogP contribution in [0.1, 0.15) is 81.0 Å². The molecule has 25 heavy (non-hydrogen) atoms. The fraction of sp³-hybridized carbons (Fsp3) is 0.600. The van der Waals surface area contributed by atoms with Crippen molar-refractivity contribution in [1.82, 2.24) is 5.43 Å². The van der Waals surface area contributed by atoms with Crippen LogP contribution in [0.2, 0.25) is 5.02 Å². The molecule has 2 rings (SSSR count). The van der Waals surface area contributed by atoms with Crippen molar-refractivity contribution >= 4 is 23.2 Å². The quantitative estimate of drug-likeness (QED) is 0.695. The van der Waals surface area contributed by atoms with Gasteiger partial charge >= 0.3 is 0 Å². The van der Waals surface area contributed by atoms with Gasteiger partial charge in [0.2, 0.25) is 0 Å². The molecular formula is C20H29ClN2O2. The third kappa shape index (κ3) is 7.07. The second-order valence-corrected chi connectivity index (χ2v) is 7.08. The number of ether oxygens (including phenoxy) is 1. The van der Waals surface area contributed by atoms with Gasteiger partial charge in [0.25, 0.3) is 5.91 Å². The second kappa shape index (κ2) is 11.1. The van der Waals surface area contributed by atoms with E-state index in [0.29, 0.717) is 16.3 Å². The molecule has 1 aromatic rings. The highest BCUT2D eigenvalue weighted by molar-refractivity contribution is 6.31. The van der Waals surface area contributed by atoms with Crippen LogP contribution < -0.4 is 10.2 Å². The van der Waals surface area contributed by atoms with Crippen LogP contribution in [0.5, 0.6) is 5.75 Å². The number of hydrogen-bond donors (Lipinski definition) is 1. The van der Waals surface area contributed by atoms with E-state index in [1.807, 2.05) is 0 Å². The van der Waals surface area contributed by atoms with E-state index in [2.05, 4.69) is 10.5 Å². The minimum atomic E-state index is -0.280. The zero-order chi connectivity index (χ0) is 17.9. The van der Waals surface area contributed by atoms with Crippen molar-refractivity contribution in [3.63, 3.8) is 0 Å². The van der Waals surface area contributed by atoms with Crippen molar-refractivity contribution in [3.05, 3.63) is 28.8 Å². The zero-order valence-electron chi connectivity index (χ0n) is 15.2. The van der Waals surface area contributed by atoms with Crippen LogP contribution in [0.15, 0.2) is 23.3 Å². The van der Waals surface area contributed by atoms with Crippen LogP contribution in [0.25, 0.3) is 0 Å². The van der Waals surface area contributed by atoms with Crippen LogP contribution in [-0.2, 0) is 0 Å². The number of carbonyl (C=O) groups is 1. The van der Waals surface area contributed by atoms with E-state index in [9.17, 15) is 4.79 Å². The number of benzene rings is 1. The molecule has 0 bridgehead atoms. The van der Waals surface area contributed by atoms with Crippen molar-refractivity contribution in [2.45, 2.75) is 70.6 Å². The first-order valence-corrected chi connectivity index (χ1v) is 9.78. The topological polar surface area (TPSA) is 50.7 Å². The Balaban J connectivity index is 1.98. The molecule has 0 atom stereocenters. The Morgan fingerprint density at radius 3 is 2.12 bits per heavy atom. The highest BCUT2D eigenvalue weighted by atomic mass is 35.5. The molecule has 0 heterocycles. The molecule has 5 heteroatoms. The van der Waals surface area contributed by atoms with E-state index < -0.39 is 0 Å². The van der Waals surface area contributed by atoms with E-state index in [4.69, 9.17) is 16.3 Å². The van der Waals surface area contributed by atoms with Crippen molar-refractivity contribution in [3.8, 4) is 5.75 Å². The Morgan fingerprint density at radius 2 is 1.56 bits per heavy atom. The molecule has 0 unspecified atom stereocenters. The van der Waals surface area contributed by atoms with Gasteiger partial charge in [-0.25, -0.2) is 5.43 Å². The van der Waals surface area contributed by atoms with E-state index in [1.54, 1.807) is 25.3 Å². The van der Waals surface area contributed by atoms with Gasteiger partial charge in [-0.05, 0) is 43.9 Å². The van der Waals surface area contributed by atoms with Gasteiger partial charge in [-0.3, -0.25) is 4.79 Å². The average molecular weight is 365 g/mol. The minimum Gasteiger partial charge on any atom is -0.496 e. The standard InChI is InChI=1S/C20H29ClN2O2/c1-25-19-14-13-16(21)15-18(19)20(24)23-22-17-11-9-7-5-3-2-4-6-8-10-12-17/h13-15H,2-12H2,1H3,(H,23,24). The normalized spacial score (nSPS) is 17.1. The van der Waals surface area contributed by atoms with Crippen LogP contribution in [0.4, 0.5) is 0 Å². The Morgan fingerprint density at radius 1 is 1.00 bits per heavy atom. The van der Waals surface area contributed by atoms with Gasteiger partial charge in [0.15, 0.2) is 0 Å². The largest absolute Gasteiger partial charge is 0.496 e. The number of amides is 1. The van der Waals surface area contributed by atoms with Gasteiger partial charge in [0.1, 0.15) is 5.75 Å². The molecule has 138 valence electrons. The molecule has 4 nitrogen and oxygen atoms in total. The van der Waals surface area contributed by atoms with E-state index >= 15 is 0 Å². The molecule has 1 amide bonds. The van der Waals surface area contributed by atoms with Gasteiger partial charge in [0.05, 0.1) is 12.7 Å². The van der Waals surface area contributed by atoms with E-state index in [0.717, 1.165) is 31.4 Å². The number of hydrogen-bond acceptors (Lipinski definition) is 3. The SMILES string of the molecule is COc1ccc(Cl)cc1C(=O)NN=C1CCCCCCCCCCC1. The predicted molar refractivity (Wildman–Crippen MR) is 104 cm³/mol. The van der Waals surface area contributed by atoms with E-state index in [1.165, 1.54) is 44.9 Å². The molecule has 0 spiro atoms. The summed E-state index contributed by atoms with van der Waals surface area (Å²) < 4.78 is 5.24. The van der Waals surface area contributed by atoms with Crippen molar-refractivity contribution in [2.24, 2.45) is 5.10 Å². The number of methoxy groups -OCH3 is 1. The fourth-order valence-corrected chi connectivity index (χ4v) is 3.35. The first-order valence-electron chi connectivity index (χ1n) is 9.40. The predicted octanol–water partition coefficient (Wildman–Crippen LogP) is 5.74. The number of halogens is 1. The second-order valence-electron chi connectivity index (χ2n) is 6.65. The van der Waals surface area contributed by atoms with Gasteiger partial charge in [-0.15, -0.1) is 0 Å². The first kappa shape index (κ1) is 19.8. The highest BCUT2D eigenvalue weighted by Crippen LogP contribution is 2.22. The molecule has 0 saturated heterocycles. The van der Waals surface area contributed by atoms with Crippen molar-refractivity contribution in [2.75, 3.05) is 7.11 Å². The summed E-state index contributed by atoms with van der Waals surface area (Å²) in [7, 11) is 1.54. The zero-order valence-corrected chi connectivity index (χ0v) is 15.9. The molecule has 0 aliphatic heterocycles. The molecule has 0 radical (unpaired) electrons. The summed E-state index contributed by atoms with van der Waals surface area (Å²) in [6, 6.07) is 5.01. The smallest absolute Gasteiger partial charge is 0.275 e. The third-order valence-electron chi connectivity index (χ3n) is 4.65. The van der Waals surface area contributed by atoms with Crippen molar-refractivity contribution < 1.29 is 9.53 Å². The Kier molecular flexibility index (Phi) is 8.81. The minimum absolute atomic E-state index is 0.280. The van der Waals surface area contributed by atoms with Gasteiger partial charge in [0, 0.05) is 10.7 Å². The fourth-order valence-electron chi connectivity index (χ4n) is 3.18. The lowest BCUT2D eigenvalue weighted by Crippen LogP contribution is -2.20. The Bertz CT molecular complexity index is 573. The molecule has 1 aliphatic rings. The lowest BCUT2D eigenvalue weighted by Gasteiger charge is -2.11. The summed E-state index contributed by atoms with van der Waals surface area (Å²) in [5.41, 5.74) is 4.20. The summed E-state index contributed by atoms with van der Waals surface area (Å²) in [6.45, 7) is 0. The number of nitrogens with zero attached hydrogens (tertiary/aromatic N) is 1. The summed E-state index contributed by atoms with van der Waals surface area (Å²) in [5, 5.41) is 4.92. The third-order valence-corrected chi connectivity index (χ3v) is 4.89. The van der Waals surface area contributed by atoms with Gasteiger partial charge < -0.3 is 4.74 Å². The van der Waals surface area contributed by atoms with E-state index in [-0.39, 0.29) is 5.91 Å². The van der Waals surface area contributed by atoms with Crippen LogP contribution >= 0.6 is 11.6 Å². The molecule has 1 N–H and O–H groups in total. The molecule has 0 aromatic heterocycles. The monoisotopic (exact) mass is 364 g/mol. The Labute approximate surface area is 156 Å². The van der Waals surface area contributed by atoms with Gasteiger partial charge in [-0.2, -0.15) is 5.10 Å². The first-order chi connectivity index (χ1) is 12.2. The average Bonchev–Trinajstić information content (AvgIpc) is 2.61. The molecule has 1 aliphatic carbocycles. The molecule has 1 fully saturated rings. The summed E-state index contributed by atoms with van der Waals surface area (Å²) in [6.07, 6.45) is 13.4. The summed E-state index contributed by atoms with van der Waals surface area (Å²) in [4.78, 5) is 12.4. The van der Waals surface area contributed by atoms with Crippen LogP contribution in [0.3, 0.4) is 0 Å². The van der Waals surface area contributed by atoms with Crippen LogP contribution in [-0.4, -0.2) is 18.7 Å². The lowest BCUT2D eigenvalue weighted by molar-refractivity contribution is 0.0951. The number of rotatable bonds is 3. The van der Waals surface area contributed by atoms with Gasteiger partial charge in [-0.1, -0.05) is 56.5 Å².